The highest BCUT2D eigenvalue weighted by atomic mass is 14.3. The third-order valence-electron chi connectivity index (χ3n) is 2.86. The molecule has 0 N–H and O–H groups in total. The highest BCUT2D eigenvalue weighted by Crippen LogP contribution is 2.38. The average Bonchev–Trinajstić information content (AvgIpc) is 2.05. The van der Waals surface area contributed by atoms with E-state index in [1.54, 1.807) is 0 Å². The number of hydrogen-bond acceptors (Lipinski definition) is 0. The lowest BCUT2D eigenvalue weighted by Crippen LogP contribution is -2.23. The second-order valence-corrected chi connectivity index (χ2v) is 3.52. The summed E-state index contributed by atoms with van der Waals surface area (Å²) in [6.07, 6.45) is 14.2. The molecule has 0 saturated heterocycles. The summed E-state index contributed by atoms with van der Waals surface area (Å²) in [4.78, 5) is 0. The van der Waals surface area contributed by atoms with Crippen molar-refractivity contribution in [3.63, 3.8) is 0 Å². The number of rotatable bonds is 0. The van der Waals surface area contributed by atoms with Crippen molar-refractivity contribution in [2.45, 2.75) is 32.1 Å². The van der Waals surface area contributed by atoms with Crippen LogP contribution in [0.15, 0.2) is 0 Å². The van der Waals surface area contributed by atoms with E-state index < -0.39 is 0 Å². The minimum Gasteiger partial charge on any atom is -0.0499 e. The van der Waals surface area contributed by atoms with E-state index in [1.807, 2.05) is 0 Å². The van der Waals surface area contributed by atoms with Crippen LogP contribution in [0.4, 0.5) is 0 Å². The predicted octanol–water partition coefficient (Wildman–Crippen LogP) is 2.81. The highest BCUT2D eigenvalue weighted by molar-refractivity contribution is 4.99. The second kappa shape index (κ2) is 2.94. The van der Waals surface area contributed by atoms with Gasteiger partial charge in [-0.3, -0.25) is 0 Å². The van der Waals surface area contributed by atoms with Crippen LogP contribution in [0.25, 0.3) is 0 Å². The van der Waals surface area contributed by atoms with Gasteiger partial charge < -0.3 is 0 Å². The summed E-state index contributed by atoms with van der Waals surface area (Å²) < 4.78 is 0. The molecular weight excluding hydrogens is 120 g/mol. The molecule has 0 aromatic rings. The van der Waals surface area contributed by atoms with Gasteiger partial charge in [-0.25, -0.2) is 0 Å². The van der Waals surface area contributed by atoms with Crippen molar-refractivity contribution in [3.05, 3.63) is 19.3 Å². The van der Waals surface area contributed by atoms with E-state index in [0.29, 0.717) is 0 Å². The summed E-state index contributed by atoms with van der Waals surface area (Å²) in [5.41, 5.74) is 0. The average molecular weight is 135 g/mol. The van der Waals surface area contributed by atoms with Gasteiger partial charge in [-0.15, -0.1) is 0 Å². The molecule has 0 aromatic heterocycles. The topological polar surface area (TPSA) is 0 Å². The van der Waals surface area contributed by atoms with Crippen molar-refractivity contribution in [3.8, 4) is 0 Å². The second-order valence-electron chi connectivity index (χ2n) is 3.52. The Labute approximate surface area is 64.0 Å². The van der Waals surface area contributed by atoms with Gasteiger partial charge in [0.05, 0.1) is 0 Å². The Morgan fingerprint density at radius 3 is 3.00 bits per heavy atom. The fourth-order valence-electron chi connectivity index (χ4n) is 2.21. The molecule has 0 bridgehead atoms. The fourth-order valence-corrected chi connectivity index (χ4v) is 2.21. The minimum absolute atomic E-state index is 0.943. The van der Waals surface area contributed by atoms with Crippen LogP contribution in [-0.2, 0) is 0 Å². The van der Waals surface area contributed by atoms with Crippen molar-refractivity contribution in [2.24, 2.45) is 11.8 Å². The van der Waals surface area contributed by atoms with E-state index in [-0.39, 0.29) is 0 Å². The molecule has 0 amide bonds. The van der Waals surface area contributed by atoms with E-state index in [1.165, 1.54) is 32.1 Å². The van der Waals surface area contributed by atoms with Crippen LogP contribution in [0, 0.1) is 31.1 Å². The van der Waals surface area contributed by atoms with E-state index in [2.05, 4.69) is 19.3 Å². The molecule has 0 heteroatoms. The largest absolute Gasteiger partial charge is 0.0499 e. The maximum absolute atomic E-state index is 2.50. The molecule has 2 atom stereocenters. The van der Waals surface area contributed by atoms with Crippen LogP contribution in [0.1, 0.15) is 32.1 Å². The molecule has 2 aliphatic carbocycles. The fraction of sp³-hybridized carbons (Fsp3) is 0.700. The molecule has 0 aromatic carbocycles. The van der Waals surface area contributed by atoms with Gasteiger partial charge in [0, 0.05) is 0 Å². The zero-order chi connectivity index (χ0) is 6.81. The lowest BCUT2D eigenvalue weighted by molar-refractivity contribution is 0.277. The number of hydrogen-bond donors (Lipinski definition) is 0. The number of fused-ring (bicyclic) bond motifs is 1. The smallest absolute Gasteiger partial charge is 0.0349 e. The molecule has 55 valence electrons. The van der Waals surface area contributed by atoms with Crippen LogP contribution in [-0.4, -0.2) is 0 Å². The van der Waals surface area contributed by atoms with Crippen LogP contribution in [0.3, 0.4) is 0 Å². The molecule has 0 spiro atoms. The molecule has 2 aliphatic rings. The van der Waals surface area contributed by atoms with Gasteiger partial charge in [-0.05, 0) is 63.2 Å². The van der Waals surface area contributed by atoms with Crippen LogP contribution in [0.5, 0.6) is 0 Å². The lowest BCUT2D eigenvalue weighted by atomic mass is 9.71. The zero-order valence-corrected chi connectivity index (χ0v) is 6.42. The SMILES string of the molecule is [CH]1CCC2C[CH]C[CH]C2C1. The van der Waals surface area contributed by atoms with Crippen molar-refractivity contribution in [1.82, 2.24) is 0 Å². The maximum atomic E-state index is 2.50. The third kappa shape index (κ3) is 1.21. The summed E-state index contributed by atoms with van der Waals surface area (Å²) in [5.74, 6) is 1.96. The molecule has 2 unspecified atom stereocenters. The first kappa shape index (κ1) is 6.69. The Morgan fingerprint density at radius 1 is 1.10 bits per heavy atom. The summed E-state index contributed by atoms with van der Waals surface area (Å²) in [5, 5.41) is 0. The molecule has 2 rings (SSSR count). The molecule has 0 aliphatic heterocycles. The first-order valence-electron chi connectivity index (χ1n) is 4.43. The zero-order valence-electron chi connectivity index (χ0n) is 6.42. The van der Waals surface area contributed by atoms with Crippen LogP contribution >= 0.6 is 0 Å². The predicted molar refractivity (Wildman–Crippen MR) is 43.0 cm³/mol. The molecule has 10 heavy (non-hydrogen) atoms. The molecule has 0 heterocycles. The molecule has 2 fully saturated rings. The van der Waals surface area contributed by atoms with Crippen LogP contribution < -0.4 is 0 Å². The summed E-state index contributed by atoms with van der Waals surface area (Å²) in [6, 6.07) is 0. The molecular formula is C10H15. The maximum Gasteiger partial charge on any atom is -0.0349 e. The minimum atomic E-state index is 0.943. The van der Waals surface area contributed by atoms with Gasteiger partial charge in [-0.1, -0.05) is 0 Å². The first-order valence-corrected chi connectivity index (χ1v) is 4.43. The third-order valence-corrected chi connectivity index (χ3v) is 2.86. The summed E-state index contributed by atoms with van der Waals surface area (Å²) in [7, 11) is 0. The van der Waals surface area contributed by atoms with Gasteiger partial charge in [0.2, 0.25) is 0 Å². The van der Waals surface area contributed by atoms with Gasteiger partial charge >= 0.3 is 0 Å². The van der Waals surface area contributed by atoms with E-state index in [0.717, 1.165) is 11.8 Å². The molecule has 3 radical (unpaired) electrons. The highest BCUT2D eigenvalue weighted by Gasteiger charge is 2.27. The van der Waals surface area contributed by atoms with Gasteiger partial charge in [0.25, 0.3) is 0 Å². The quantitative estimate of drug-likeness (QED) is 0.479. The van der Waals surface area contributed by atoms with E-state index in [4.69, 9.17) is 0 Å². The van der Waals surface area contributed by atoms with Crippen molar-refractivity contribution in [1.29, 1.82) is 0 Å². The molecule has 0 nitrogen and oxygen atoms in total. The van der Waals surface area contributed by atoms with E-state index in [9.17, 15) is 0 Å². The van der Waals surface area contributed by atoms with Crippen molar-refractivity contribution >= 4 is 0 Å². The monoisotopic (exact) mass is 135 g/mol. The van der Waals surface area contributed by atoms with Gasteiger partial charge in [0.1, 0.15) is 0 Å². The van der Waals surface area contributed by atoms with Gasteiger partial charge in [0.15, 0.2) is 0 Å². The van der Waals surface area contributed by atoms with Crippen LogP contribution in [0.2, 0.25) is 0 Å². The van der Waals surface area contributed by atoms with Gasteiger partial charge in [-0.2, -0.15) is 0 Å². The van der Waals surface area contributed by atoms with Crippen molar-refractivity contribution < 1.29 is 0 Å². The Kier molecular flexibility index (Phi) is 1.97. The standard InChI is InChI=1S/C10H15/c1-2-6-10-8-4-3-7-9(10)5-1/h1,4,6,9-10H,2-3,5,7-8H2. The summed E-state index contributed by atoms with van der Waals surface area (Å²) >= 11 is 0. The van der Waals surface area contributed by atoms with Crippen molar-refractivity contribution in [2.75, 3.05) is 0 Å². The lowest BCUT2D eigenvalue weighted by Gasteiger charge is -2.34. The molecule has 2 saturated carbocycles. The van der Waals surface area contributed by atoms with E-state index >= 15 is 0 Å². The Morgan fingerprint density at radius 2 is 2.10 bits per heavy atom. The Hall–Kier alpha value is 0. The first-order chi connectivity index (χ1) is 4.97. The summed E-state index contributed by atoms with van der Waals surface area (Å²) in [6.45, 7) is 0. The normalized spacial score (nSPS) is 40.8. The Balaban J connectivity index is 1.93. The Bertz CT molecular complexity index is 80.6.